The molecule has 6 nitrogen and oxygen atoms in total. The summed E-state index contributed by atoms with van der Waals surface area (Å²) in [7, 11) is 0. The molecule has 0 aliphatic carbocycles. The Morgan fingerprint density at radius 3 is 2.61 bits per heavy atom. The number of alkyl halides is 2. The van der Waals surface area contributed by atoms with E-state index in [-0.39, 0.29) is 28.5 Å². The molecule has 1 aromatic heterocycles. The molecular formula is C24H19ClF2N2O4. The predicted molar refractivity (Wildman–Crippen MR) is 117 cm³/mol. The Hall–Kier alpha value is -3.52. The summed E-state index contributed by atoms with van der Waals surface area (Å²) >= 11 is 6.18. The predicted octanol–water partition coefficient (Wildman–Crippen LogP) is 5.32. The third kappa shape index (κ3) is 4.96. The Balaban J connectivity index is 1.48. The molecule has 1 atom stereocenters. The van der Waals surface area contributed by atoms with Crippen molar-refractivity contribution in [2.45, 2.75) is 25.9 Å². The number of nitrogens with zero attached hydrogens (tertiary/aromatic N) is 2. The van der Waals surface area contributed by atoms with Gasteiger partial charge in [0.15, 0.2) is 0 Å². The van der Waals surface area contributed by atoms with Crippen LogP contribution >= 0.6 is 11.6 Å². The van der Waals surface area contributed by atoms with Crippen LogP contribution in [0.1, 0.15) is 44.8 Å². The lowest BCUT2D eigenvalue weighted by molar-refractivity contribution is 0.0706. The molecule has 2 aromatic carbocycles. The van der Waals surface area contributed by atoms with Crippen LogP contribution in [0.25, 0.3) is 0 Å². The van der Waals surface area contributed by atoms with E-state index in [1.54, 1.807) is 47.4 Å². The molecule has 1 amide bonds. The van der Waals surface area contributed by atoms with E-state index in [0.29, 0.717) is 17.7 Å². The fourth-order valence-corrected chi connectivity index (χ4v) is 3.80. The van der Waals surface area contributed by atoms with Crippen molar-refractivity contribution in [3.05, 3.63) is 88.2 Å². The lowest BCUT2D eigenvalue weighted by Crippen LogP contribution is -2.27. The number of pyridine rings is 1. The maximum absolute atomic E-state index is 13.1. The van der Waals surface area contributed by atoms with E-state index >= 15 is 0 Å². The van der Waals surface area contributed by atoms with E-state index in [0.717, 1.165) is 11.1 Å². The molecule has 3 aromatic rings. The van der Waals surface area contributed by atoms with Crippen molar-refractivity contribution in [1.29, 1.82) is 0 Å². The van der Waals surface area contributed by atoms with E-state index in [2.05, 4.69) is 4.98 Å². The smallest absolute Gasteiger partial charge is 0.343 e. The van der Waals surface area contributed by atoms with Gasteiger partial charge in [-0.25, -0.2) is 13.6 Å². The minimum absolute atomic E-state index is 0.157. The molecule has 170 valence electrons. The highest BCUT2D eigenvalue weighted by Crippen LogP contribution is 2.35. The van der Waals surface area contributed by atoms with Gasteiger partial charge in [0.25, 0.3) is 12.3 Å². The van der Waals surface area contributed by atoms with Gasteiger partial charge >= 0.3 is 5.97 Å². The third-order valence-corrected chi connectivity index (χ3v) is 5.61. The number of rotatable bonds is 7. The van der Waals surface area contributed by atoms with Crippen LogP contribution in [0.2, 0.25) is 5.02 Å². The molecule has 0 spiro atoms. The molecule has 0 radical (unpaired) electrons. The molecule has 1 aliphatic heterocycles. The topological polar surface area (TPSA) is 68.7 Å². The second-order valence-corrected chi connectivity index (χ2v) is 7.85. The number of amides is 1. The van der Waals surface area contributed by atoms with Gasteiger partial charge in [-0.2, -0.15) is 0 Å². The number of carbonyl (C=O) groups is 2. The van der Waals surface area contributed by atoms with Crippen LogP contribution < -0.4 is 9.47 Å². The average Bonchev–Trinajstić information content (AvgIpc) is 3.14. The van der Waals surface area contributed by atoms with Crippen LogP contribution in [-0.4, -0.2) is 34.8 Å². The largest absolute Gasteiger partial charge is 0.486 e. The van der Waals surface area contributed by atoms with Gasteiger partial charge in [0.2, 0.25) is 0 Å². The van der Waals surface area contributed by atoms with Crippen molar-refractivity contribution in [2.24, 2.45) is 0 Å². The summed E-state index contributed by atoms with van der Waals surface area (Å²) in [5, 5.41) is 0.189. The molecule has 4 rings (SSSR count). The number of hydrogen-bond acceptors (Lipinski definition) is 5. The Labute approximate surface area is 193 Å². The summed E-state index contributed by atoms with van der Waals surface area (Å²) in [4.78, 5) is 30.9. The van der Waals surface area contributed by atoms with Crippen molar-refractivity contribution < 1.29 is 27.8 Å². The molecule has 33 heavy (non-hydrogen) atoms. The summed E-state index contributed by atoms with van der Waals surface area (Å²) in [6, 6.07) is 12.5. The third-order valence-electron chi connectivity index (χ3n) is 5.31. The monoisotopic (exact) mass is 472 g/mol. The molecular weight excluding hydrogens is 454 g/mol. The standard InChI is InChI=1S/C24H19ClF2N2O4/c1-14(16-3-5-21(20(25)10-16)32-13-22(26)27)29-12-17-2-4-18(11-19(17)23(29)30)33-24(31)15-6-8-28-9-7-15/h2-11,14,22H,12-13H2,1H3. The molecule has 0 fully saturated rings. The van der Waals surface area contributed by atoms with Crippen molar-refractivity contribution in [1.82, 2.24) is 9.88 Å². The van der Waals surface area contributed by atoms with E-state index in [1.807, 2.05) is 6.92 Å². The van der Waals surface area contributed by atoms with Crippen LogP contribution in [0.5, 0.6) is 11.5 Å². The fourth-order valence-electron chi connectivity index (χ4n) is 3.56. The minimum Gasteiger partial charge on any atom is -0.486 e. The Bertz CT molecular complexity index is 1190. The number of ether oxygens (including phenoxy) is 2. The van der Waals surface area contributed by atoms with Gasteiger partial charge in [-0.05, 0) is 54.4 Å². The SMILES string of the molecule is CC(c1ccc(OCC(F)F)c(Cl)c1)N1Cc2ccc(OC(=O)c3ccncc3)cc2C1=O. The number of esters is 1. The van der Waals surface area contributed by atoms with Gasteiger partial charge in [0, 0.05) is 24.5 Å². The number of hydrogen-bond donors (Lipinski definition) is 0. The lowest BCUT2D eigenvalue weighted by Gasteiger charge is -2.25. The maximum atomic E-state index is 13.1. The van der Waals surface area contributed by atoms with E-state index in [1.165, 1.54) is 18.5 Å². The van der Waals surface area contributed by atoms with Gasteiger partial charge in [-0.3, -0.25) is 9.78 Å². The first kappa shape index (κ1) is 22.7. The summed E-state index contributed by atoms with van der Waals surface area (Å²) in [6.07, 6.45) is 0.381. The van der Waals surface area contributed by atoms with Crippen LogP contribution in [0.15, 0.2) is 60.9 Å². The average molecular weight is 473 g/mol. The second kappa shape index (κ2) is 9.54. The van der Waals surface area contributed by atoms with Crippen LogP contribution in [0.3, 0.4) is 0 Å². The molecule has 1 unspecified atom stereocenters. The molecule has 2 heterocycles. The Kier molecular flexibility index (Phi) is 6.55. The first-order valence-electron chi connectivity index (χ1n) is 10.1. The van der Waals surface area contributed by atoms with Crippen molar-refractivity contribution in [2.75, 3.05) is 6.61 Å². The lowest BCUT2D eigenvalue weighted by atomic mass is 10.1. The van der Waals surface area contributed by atoms with Crippen molar-refractivity contribution >= 4 is 23.5 Å². The van der Waals surface area contributed by atoms with Crippen molar-refractivity contribution in [3.63, 3.8) is 0 Å². The van der Waals surface area contributed by atoms with Gasteiger partial charge in [-0.15, -0.1) is 0 Å². The van der Waals surface area contributed by atoms with E-state index in [4.69, 9.17) is 21.1 Å². The number of aromatic nitrogens is 1. The summed E-state index contributed by atoms with van der Waals surface area (Å²) in [5.74, 6) is -0.336. The van der Waals surface area contributed by atoms with Gasteiger partial charge < -0.3 is 14.4 Å². The van der Waals surface area contributed by atoms with Crippen LogP contribution in [0, 0.1) is 0 Å². The van der Waals surface area contributed by atoms with Crippen LogP contribution in [0.4, 0.5) is 8.78 Å². The molecule has 1 aliphatic rings. The van der Waals surface area contributed by atoms with Gasteiger partial charge in [0.1, 0.15) is 18.1 Å². The molecule has 0 saturated heterocycles. The summed E-state index contributed by atoms with van der Waals surface area (Å²) < 4.78 is 35.2. The fraction of sp³-hybridized carbons (Fsp3) is 0.208. The van der Waals surface area contributed by atoms with E-state index in [9.17, 15) is 18.4 Å². The Morgan fingerprint density at radius 1 is 1.15 bits per heavy atom. The van der Waals surface area contributed by atoms with Crippen molar-refractivity contribution in [3.8, 4) is 11.5 Å². The highest BCUT2D eigenvalue weighted by Gasteiger charge is 2.32. The first-order valence-corrected chi connectivity index (χ1v) is 10.5. The number of fused-ring (bicyclic) bond motifs is 1. The highest BCUT2D eigenvalue weighted by atomic mass is 35.5. The zero-order valence-corrected chi connectivity index (χ0v) is 18.3. The molecule has 0 saturated carbocycles. The van der Waals surface area contributed by atoms with Gasteiger partial charge in [0.05, 0.1) is 16.6 Å². The molecule has 0 bridgehead atoms. The first-order chi connectivity index (χ1) is 15.8. The maximum Gasteiger partial charge on any atom is 0.343 e. The summed E-state index contributed by atoms with van der Waals surface area (Å²) in [6.45, 7) is 1.47. The Morgan fingerprint density at radius 2 is 1.91 bits per heavy atom. The van der Waals surface area contributed by atoms with Crippen LogP contribution in [-0.2, 0) is 6.54 Å². The minimum atomic E-state index is -2.60. The normalized spacial score (nSPS) is 13.7. The van der Waals surface area contributed by atoms with E-state index < -0.39 is 19.0 Å². The zero-order chi connectivity index (χ0) is 23.5. The summed E-state index contributed by atoms with van der Waals surface area (Å²) in [5.41, 5.74) is 2.34. The quantitative estimate of drug-likeness (QED) is 0.344. The highest BCUT2D eigenvalue weighted by molar-refractivity contribution is 6.32. The van der Waals surface area contributed by atoms with Gasteiger partial charge in [-0.1, -0.05) is 23.7 Å². The number of benzene rings is 2. The number of carbonyl (C=O) groups excluding carboxylic acids is 2. The molecule has 9 heteroatoms. The number of halogens is 3. The zero-order valence-electron chi connectivity index (χ0n) is 17.5. The molecule has 0 N–H and O–H groups in total. The second-order valence-electron chi connectivity index (χ2n) is 7.45.